The highest BCUT2D eigenvalue weighted by Crippen LogP contribution is 2.22. The molecule has 0 atom stereocenters. The maximum Gasteiger partial charge on any atom is 0.0398 e. The highest BCUT2D eigenvalue weighted by atomic mass is 15.1. The van der Waals surface area contributed by atoms with E-state index in [1.165, 1.54) is 81.9 Å². The van der Waals surface area contributed by atoms with Crippen LogP contribution in [0.4, 0.5) is 5.69 Å². The molecular weight excluding hydrogens is 278 g/mol. The summed E-state index contributed by atoms with van der Waals surface area (Å²) < 4.78 is 0. The fourth-order valence-corrected chi connectivity index (χ4v) is 3.40. The standard InChI is InChI=1S/C22H39N/c1-4-7-8-9-10-11-12-13-14-15-18-21-19-16-17-20-22(21)23(5-2)6-3/h16-17,19-20H,4-15,18H2,1-3H3. The first kappa shape index (κ1) is 20.1. The van der Waals surface area contributed by atoms with Gasteiger partial charge in [-0.2, -0.15) is 0 Å². The van der Waals surface area contributed by atoms with E-state index < -0.39 is 0 Å². The Morgan fingerprint density at radius 2 is 1.17 bits per heavy atom. The van der Waals surface area contributed by atoms with Crippen molar-refractivity contribution in [1.29, 1.82) is 0 Å². The summed E-state index contributed by atoms with van der Waals surface area (Å²) in [7, 11) is 0. The van der Waals surface area contributed by atoms with Crippen molar-refractivity contribution < 1.29 is 0 Å². The predicted octanol–water partition coefficient (Wildman–Crippen LogP) is 7.00. The first-order valence-electron chi connectivity index (χ1n) is 10.2. The summed E-state index contributed by atoms with van der Waals surface area (Å²) in [5, 5.41) is 0. The molecule has 0 N–H and O–H groups in total. The molecule has 1 aromatic rings. The van der Waals surface area contributed by atoms with Gasteiger partial charge in [0.2, 0.25) is 0 Å². The molecule has 0 fully saturated rings. The summed E-state index contributed by atoms with van der Waals surface area (Å²) in [5.41, 5.74) is 2.99. The molecule has 0 heterocycles. The summed E-state index contributed by atoms with van der Waals surface area (Å²) in [4.78, 5) is 2.48. The molecule has 0 radical (unpaired) electrons. The van der Waals surface area contributed by atoms with E-state index >= 15 is 0 Å². The molecule has 0 aliphatic heterocycles. The molecule has 0 unspecified atom stereocenters. The van der Waals surface area contributed by atoms with Gasteiger partial charge in [-0.25, -0.2) is 0 Å². The molecule has 0 bridgehead atoms. The topological polar surface area (TPSA) is 3.24 Å². The number of hydrogen-bond acceptors (Lipinski definition) is 1. The van der Waals surface area contributed by atoms with Gasteiger partial charge in [0.05, 0.1) is 0 Å². The average Bonchev–Trinajstić information content (AvgIpc) is 2.59. The lowest BCUT2D eigenvalue weighted by atomic mass is 10.0. The second-order valence-electron chi connectivity index (χ2n) is 6.73. The summed E-state index contributed by atoms with van der Waals surface area (Å²) in [6, 6.07) is 8.98. The van der Waals surface area contributed by atoms with E-state index in [0.29, 0.717) is 0 Å². The predicted molar refractivity (Wildman–Crippen MR) is 106 cm³/mol. The number of unbranched alkanes of at least 4 members (excludes halogenated alkanes) is 9. The summed E-state index contributed by atoms with van der Waals surface area (Å²) in [6.45, 7) is 9.00. The number of aryl methyl sites for hydroxylation is 1. The third-order valence-corrected chi connectivity index (χ3v) is 4.90. The molecule has 1 heteroatoms. The number of benzene rings is 1. The Kier molecular flexibility index (Phi) is 11.7. The molecule has 1 rings (SSSR count). The first-order valence-corrected chi connectivity index (χ1v) is 10.2. The normalized spacial score (nSPS) is 10.9. The molecule has 1 aromatic carbocycles. The van der Waals surface area contributed by atoms with Crippen molar-refractivity contribution in [3.05, 3.63) is 29.8 Å². The Balaban J connectivity index is 2.16. The minimum Gasteiger partial charge on any atom is -0.372 e. The molecule has 0 amide bonds. The van der Waals surface area contributed by atoms with Gasteiger partial charge >= 0.3 is 0 Å². The summed E-state index contributed by atoms with van der Waals surface area (Å²) in [5.74, 6) is 0. The molecule has 0 aliphatic carbocycles. The number of hydrogen-bond donors (Lipinski definition) is 0. The van der Waals surface area contributed by atoms with Gasteiger partial charge in [-0.3, -0.25) is 0 Å². The fourth-order valence-electron chi connectivity index (χ4n) is 3.40. The maximum atomic E-state index is 2.48. The van der Waals surface area contributed by atoms with Crippen LogP contribution in [-0.4, -0.2) is 13.1 Å². The zero-order chi connectivity index (χ0) is 16.8. The third kappa shape index (κ3) is 8.44. The third-order valence-electron chi connectivity index (χ3n) is 4.90. The lowest BCUT2D eigenvalue weighted by molar-refractivity contribution is 0.556. The molecule has 0 spiro atoms. The van der Waals surface area contributed by atoms with Gasteiger partial charge in [-0.1, -0.05) is 82.9 Å². The Labute approximate surface area is 145 Å². The van der Waals surface area contributed by atoms with Gasteiger partial charge < -0.3 is 4.90 Å². The molecule has 0 saturated carbocycles. The van der Waals surface area contributed by atoms with Crippen LogP contribution in [-0.2, 0) is 6.42 Å². The van der Waals surface area contributed by atoms with E-state index in [1.54, 1.807) is 0 Å². The van der Waals surface area contributed by atoms with E-state index in [4.69, 9.17) is 0 Å². The molecule has 0 aliphatic rings. The van der Waals surface area contributed by atoms with Crippen LogP contribution in [0.3, 0.4) is 0 Å². The summed E-state index contributed by atoms with van der Waals surface area (Å²) >= 11 is 0. The van der Waals surface area contributed by atoms with Gasteiger partial charge in [0.25, 0.3) is 0 Å². The van der Waals surface area contributed by atoms with Crippen molar-refractivity contribution in [2.24, 2.45) is 0 Å². The van der Waals surface area contributed by atoms with Crippen LogP contribution in [0.1, 0.15) is 90.5 Å². The molecule has 0 aromatic heterocycles. The number of para-hydroxylation sites is 1. The van der Waals surface area contributed by atoms with E-state index in [2.05, 4.69) is 49.9 Å². The highest BCUT2D eigenvalue weighted by Gasteiger charge is 2.07. The van der Waals surface area contributed by atoms with Crippen LogP contribution in [0.5, 0.6) is 0 Å². The van der Waals surface area contributed by atoms with Crippen molar-refractivity contribution in [1.82, 2.24) is 0 Å². The fraction of sp³-hybridized carbons (Fsp3) is 0.727. The van der Waals surface area contributed by atoms with Crippen LogP contribution in [0, 0.1) is 0 Å². The van der Waals surface area contributed by atoms with Crippen molar-refractivity contribution in [2.45, 2.75) is 91.4 Å². The molecule has 23 heavy (non-hydrogen) atoms. The molecule has 1 nitrogen and oxygen atoms in total. The SMILES string of the molecule is CCCCCCCCCCCCc1ccccc1N(CC)CC. The van der Waals surface area contributed by atoms with Crippen molar-refractivity contribution in [3.8, 4) is 0 Å². The van der Waals surface area contributed by atoms with Crippen LogP contribution in [0.15, 0.2) is 24.3 Å². The zero-order valence-electron chi connectivity index (χ0n) is 15.9. The van der Waals surface area contributed by atoms with Gasteiger partial charge in [0.1, 0.15) is 0 Å². The van der Waals surface area contributed by atoms with Gasteiger partial charge in [0.15, 0.2) is 0 Å². The van der Waals surface area contributed by atoms with Crippen molar-refractivity contribution >= 4 is 5.69 Å². The second kappa shape index (κ2) is 13.5. The number of anilines is 1. The van der Waals surface area contributed by atoms with Crippen LogP contribution >= 0.6 is 0 Å². The summed E-state index contributed by atoms with van der Waals surface area (Å²) in [6.07, 6.45) is 15.4. The zero-order valence-corrected chi connectivity index (χ0v) is 15.9. The van der Waals surface area contributed by atoms with E-state index in [9.17, 15) is 0 Å². The molecular formula is C22H39N. The quantitative estimate of drug-likeness (QED) is 0.334. The lowest BCUT2D eigenvalue weighted by Crippen LogP contribution is -2.23. The van der Waals surface area contributed by atoms with Crippen molar-refractivity contribution in [2.75, 3.05) is 18.0 Å². The smallest absolute Gasteiger partial charge is 0.0398 e. The first-order chi connectivity index (χ1) is 11.3. The van der Waals surface area contributed by atoms with Gasteiger partial charge in [-0.05, 0) is 38.3 Å². The van der Waals surface area contributed by atoms with Crippen LogP contribution in [0.25, 0.3) is 0 Å². The monoisotopic (exact) mass is 317 g/mol. The Morgan fingerprint density at radius 3 is 1.74 bits per heavy atom. The minimum atomic E-state index is 1.10. The Hall–Kier alpha value is -0.980. The van der Waals surface area contributed by atoms with Crippen LogP contribution in [0.2, 0.25) is 0 Å². The lowest BCUT2D eigenvalue weighted by Gasteiger charge is -2.24. The van der Waals surface area contributed by atoms with Gasteiger partial charge in [-0.15, -0.1) is 0 Å². The van der Waals surface area contributed by atoms with E-state index in [1.807, 2.05) is 0 Å². The van der Waals surface area contributed by atoms with Crippen molar-refractivity contribution in [3.63, 3.8) is 0 Å². The largest absolute Gasteiger partial charge is 0.372 e. The highest BCUT2D eigenvalue weighted by molar-refractivity contribution is 5.53. The minimum absolute atomic E-state index is 1.10. The van der Waals surface area contributed by atoms with Crippen LogP contribution < -0.4 is 4.90 Å². The second-order valence-corrected chi connectivity index (χ2v) is 6.73. The number of rotatable bonds is 14. The van der Waals surface area contributed by atoms with E-state index in [0.717, 1.165) is 13.1 Å². The maximum absolute atomic E-state index is 2.48. The average molecular weight is 318 g/mol. The van der Waals surface area contributed by atoms with E-state index in [-0.39, 0.29) is 0 Å². The Morgan fingerprint density at radius 1 is 0.652 bits per heavy atom. The number of nitrogens with zero attached hydrogens (tertiary/aromatic N) is 1. The Bertz CT molecular complexity index is 381. The molecule has 132 valence electrons. The molecule has 0 saturated heterocycles. The van der Waals surface area contributed by atoms with Gasteiger partial charge in [0, 0.05) is 18.8 Å².